The molecule has 1 heterocycles. The number of benzene rings is 1. The molecule has 3 nitrogen and oxygen atoms in total. The van der Waals surface area contributed by atoms with E-state index in [2.05, 4.69) is 37.2 Å². The second-order valence-electron chi connectivity index (χ2n) is 4.60. The molecule has 1 fully saturated rings. The Hall–Kier alpha value is -0.100. The van der Waals surface area contributed by atoms with Gasteiger partial charge in [0.2, 0.25) is 0 Å². The Morgan fingerprint density at radius 1 is 1.42 bits per heavy atom. The minimum Gasteiger partial charge on any atom is -0.381 e. The third kappa shape index (κ3) is 3.72. The van der Waals surface area contributed by atoms with Crippen LogP contribution in [-0.4, -0.2) is 30.0 Å². The smallest absolute Gasteiger partial charge is 0.252 e. The third-order valence-electron chi connectivity index (χ3n) is 3.26. The highest BCUT2D eigenvalue weighted by Crippen LogP contribution is 2.26. The molecule has 0 bridgehead atoms. The summed E-state index contributed by atoms with van der Waals surface area (Å²) in [6.07, 6.45) is 1.63. The van der Waals surface area contributed by atoms with E-state index >= 15 is 0 Å². The lowest BCUT2D eigenvalue weighted by molar-refractivity contribution is 0.0441. The molecule has 1 aliphatic heterocycles. The van der Waals surface area contributed by atoms with E-state index in [1.54, 1.807) is 18.2 Å². The van der Waals surface area contributed by atoms with Gasteiger partial charge in [0.15, 0.2) is 0 Å². The predicted molar refractivity (Wildman–Crippen MR) is 83.2 cm³/mol. The van der Waals surface area contributed by atoms with Crippen LogP contribution in [0.25, 0.3) is 0 Å². The zero-order valence-corrected chi connectivity index (χ0v) is 14.1. The van der Waals surface area contributed by atoms with Gasteiger partial charge in [0.05, 0.1) is 11.1 Å². The highest BCUT2D eigenvalue weighted by atomic mass is 79.9. The molecule has 0 saturated carbocycles. The molecular weight excluding hydrogens is 397 g/mol. The second kappa shape index (κ2) is 6.57. The van der Waals surface area contributed by atoms with Crippen LogP contribution < -0.4 is 5.32 Å². The molecule has 104 valence electrons. The monoisotopic (exact) mass is 409 g/mol. The minimum atomic E-state index is -0.228. The maximum atomic E-state index is 12.4. The van der Waals surface area contributed by atoms with Crippen molar-refractivity contribution in [3.8, 4) is 0 Å². The first-order chi connectivity index (χ1) is 9.06. The first kappa shape index (κ1) is 15.3. The van der Waals surface area contributed by atoms with Gasteiger partial charge in [0.1, 0.15) is 0 Å². The first-order valence-electron chi connectivity index (χ1n) is 5.98. The van der Waals surface area contributed by atoms with Crippen molar-refractivity contribution in [2.75, 3.05) is 18.5 Å². The Morgan fingerprint density at radius 3 is 2.68 bits per heavy atom. The van der Waals surface area contributed by atoms with Crippen LogP contribution in [-0.2, 0) is 4.74 Å². The lowest BCUT2D eigenvalue weighted by Gasteiger charge is -2.36. The van der Waals surface area contributed by atoms with Crippen LogP contribution >= 0.6 is 43.5 Å². The summed E-state index contributed by atoms with van der Waals surface area (Å²) in [7, 11) is 0. The van der Waals surface area contributed by atoms with Gasteiger partial charge in [-0.1, -0.05) is 27.5 Å². The molecule has 2 rings (SSSR count). The zero-order chi connectivity index (χ0) is 13.9. The highest BCUT2D eigenvalue weighted by molar-refractivity contribution is 9.10. The van der Waals surface area contributed by atoms with E-state index in [0.717, 1.165) is 18.2 Å². The lowest BCUT2D eigenvalue weighted by atomic mass is 9.92. The molecule has 0 unspecified atom stereocenters. The maximum absolute atomic E-state index is 12.4. The van der Waals surface area contributed by atoms with E-state index in [0.29, 0.717) is 28.3 Å². The van der Waals surface area contributed by atoms with Crippen LogP contribution in [0.1, 0.15) is 23.2 Å². The quantitative estimate of drug-likeness (QED) is 0.769. The largest absolute Gasteiger partial charge is 0.381 e. The molecule has 19 heavy (non-hydrogen) atoms. The van der Waals surface area contributed by atoms with E-state index in [1.165, 1.54) is 0 Å². The van der Waals surface area contributed by atoms with Crippen LogP contribution in [0.4, 0.5) is 0 Å². The fourth-order valence-corrected chi connectivity index (χ4v) is 3.60. The van der Waals surface area contributed by atoms with Crippen molar-refractivity contribution in [1.29, 1.82) is 0 Å². The van der Waals surface area contributed by atoms with E-state index < -0.39 is 0 Å². The molecule has 1 N–H and O–H groups in total. The van der Waals surface area contributed by atoms with Crippen LogP contribution in [0, 0.1) is 0 Å². The molecule has 1 aromatic carbocycles. The number of rotatable bonds is 3. The molecule has 0 aliphatic carbocycles. The maximum Gasteiger partial charge on any atom is 0.252 e. The number of carbonyl (C=O) groups is 1. The number of alkyl halides is 1. The molecule has 0 spiro atoms. The van der Waals surface area contributed by atoms with Crippen LogP contribution in [0.3, 0.4) is 0 Å². The minimum absolute atomic E-state index is 0.0927. The second-order valence-corrected chi connectivity index (χ2v) is 6.46. The average molecular weight is 412 g/mol. The van der Waals surface area contributed by atoms with E-state index in [1.807, 2.05) is 0 Å². The molecule has 1 saturated heterocycles. The van der Waals surface area contributed by atoms with Gasteiger partial charge in [0, 0.05) is 28.0 Å². The Balaban J connectivity index is 2.15. The van der Waals surface area contributed by atoms with E-state index in [4.69, 9.17) is 16.3 Å². The Labute approximate surface area is 134 Å². The topological polar surface area (TPSA) is 38.3 Å². The summed E-state index contributed by atoms with van der Waals surface area (Å²) in [5.74, 6) is -0.0927. The molecule has 0 atom stereocenters. The summed E-state index contributed by atoms with van der Waals surface area (Å²) in [4.78, 5) is 12.4. The summed E-state index contributed by atoms with van der Waals surface area (Å²) in [6, 6.07) is 5.16. The van der Waals surface area contributed by atoms with E-state index in [-0.39, 0.29) is 11.4 Å². The van der Waals surface area contributed by atoms with Crippen LogP contribution in [0.15, 0.2) is 22.7 Å². The van der Waals surface area contributed by atoms with Gasteiger partial charge in [0.25, 0.3) is 5.91 Å². The number of amides is 1. The Morgan fingerprint density at radius 2 is 2.11 bits per heavy atom. The van der Waals surface area contributed by atoms with Crippen molar-refractivity contribution in [2.45, 2.75) is 18.4 Å². The fraction of sp³-hybridized carbons (Fsp3) is 0.462. The number of hydrogen-bond donors (Lipinski definition) is 1. The van der Waals surface area contributed by atoms with Gasteiger partial charge in [-0.3, -0.25) is 4.79 Å². The summed E-state index contributed by atoms with van der Waals surface area (Å²) in [5.41, 5.74) is 0.366. The predicted octanol–water partition coefficient (Wildman–Crippen LogP) is 3.78. The van der Waals surface area contributed by atoms with Crippen molar-refractivity contribution >= 4 is 49.4 Å². The van der Waals surface area contributed by atoms with Crippen LogP contribution in [0.5, 0.6) is 0 Å². The van der Waals surface area contributed by atoms with Crippen molar-refractivity contribution in [3.05, 3.63) is 33.3 Å². The lowest BCUT2D eigenvalue weighted by Crippen LogP contribution is -2.53. The number of carbonyl (C=O) groups excluding carboxylic acids is 1. The molecule has 1 aromatic rings. The molecule has 1 amide bonds. The number of ether oxygens (including phenoxy) is 1. The number of hydrogen-bond acceptors (Lipinski definition) is 2. The van der Waals surface area contributed by atoms with Crippen molar-refractivity contribution in [3.63, 3.8) is 0 Å². The van der Waals surface area contributed by atoms with Crippen molar-refractivity contribution in [2.24, 2.45) is 0 Å². The normalized spacial score (nSPS) is 18.1. The van der Waals surface area contributed by atoms with Gasteiger partial charge in [-0.25, -0.2) is 0 Å². The van der Waals surface area contributed by atoms with Gasteiger partial charge < -0.3 is 10.1 Å². The Kier molecular flexibility index (Phi) is 5.29. The van der Waals surface area contributed by atoms with Crippen molar-refractivity contribution < 1.29 is 9.53 Å². The summed E-state index contributed by atoms with van der Waals surface area (Å²) >= 11 is 12.7. The van der Waals surface area contributed by atoms with Gasteiger partial charge in [-0.15, -0.1) is 0 Å². The van der Waals surface area contributed by atoms with E-state index in [9.17, 15) is 4.79 Å². The summed E-state index contributed by atoms with van der Waals surface area (Å²) < 4.78 is 6.06. The van der Waals surface area contributed by atoms with Crippen LogP contribution in [0.2, 0.25) is 5.02 Å². The average Bonchev–Trinajstić information content (AvgIpc) is 2.39. The number of nitrogens with one attached hydrogen (secondary N) is 1. The molecular formula is C13H14Br2ClNO2. The number of halogens is 3. The van der Waals surface area contributed by atoms with Gasteiger partial charge in [-0.05, 0) is 47.0 Å². The molecule has 0 aromatic heterocycles. The third-order valence-corrected chi connectivity index (χ3v) is 5.22. The zero-order valence-electron chi connectivity index (χ0n) is 10.2. The Bertz CT molecular complexity index is 476. The first-order valence-corrected chi connectivity index (χ1v) is 8.27. The summed E-state index contributed by atoms with van der Waals surface area (Å²) in [5, 5.41) is 4.44. The highest BCUT2D eigenvalue weighted by Gasteiger charge is 2.33. The van der Waals surface area contributed by atoms with Gasteiger partial charge >= 0.3 is 0 Å². The standard InChI is InChI=1S/C13H14Br2ClNO2/c14-8-13(3-5-19-6-4-13)17-12(18)10-2-1-9(16)7-11(10)15/h1-2,7H,3-6,8H2,(H,17,18). The van der Waals surface area contributed by atoms with Crippen molar-refractivity contribution in [1.82, 2.24) is 5.32 Å². The molecule has 6 heteroatoms. The van der Waals surface area contributed by atoms with Gasteiger partial charge in [-0.2, -0.15) is 0 Å². The molecule has 1 aliphatic rings. The SMILES string of the molecule is O=C(NC1(CBr)CCOCC1)c1ccc(Cl)cc1Br. The summed E-state index contributed by atoms with van der Waals surface area (Å²) in [6.45, 7) is 1.35. The fourth-order valence-electron chi connectivity index (χ4n) is 2.04. The molecule has 0 radical (unpaired) electrons.